The zero-order valence-electron chi connectivity index (χ0n) is 35.1. The van der Waals surface area contributed by atoms with Crippen molar-refractivity contribution in [2.24, 2.45) is 0 Å². The molecule has 1 amide bonds. The average Bonchev–Trinajstić information content (AvgIpc) is 3.20. The second kappa shape index (κ2) is 35.3. The highest BCUT2D eigenvalue weighted by Crippen LogP contribution is 2.23. The second-order valence-corrected chi connectivity index (χ2v) is 15.7. The number of nitrogens with one attached hydrogen (secondary N) is 1. The fourth-order valence-electron chi connectivity index (χ4n) is 6.88. The number of carbonyl (C=O) groups is 1. The SMILES string of the molecule is CCCCC/C=C/CC/C=C/CC/C=C/CCCC(O)C(O)C(COC1OC(CO)C(O)C(O)C1O)NC(=O)C(O)CCCCCCCCCCCCCCC. The van der Waals surface area contributed by atoms with Gasteiger partial charge in [0.1, 0.15) is 36.6 Å². The first-order chi connectivity index (χ1) is 27.2. The van der Waals surface area contributed by atoms with E-state index >= 15 is 0 Å². The summed E-state index contributed by atoms with van der Waals surface area (Å²) in [6, 6.07) is -1.19. The van der Waals surface area contributed by atoms with Gasteiger partial charge in [-0.05, 0) is 64.2 Å². The van der Waals surface area contributed by atoms with Crippen LogP contribution in [0.4, 0.5) is 0 Å². The third kappa shape index (κ3) is 25.0. The Morgan fingerprint density at radius 2 is 1.07 bits per heavy atom. The van der Waals surface area contributed by atoms with E-state index in [2.05, 4.69) is 55.6 Å². The minimum Gasteiger partial charge on any atom is -0.394 e. The van der Waals surface area contributed by atoms with Crippen molar-refractivity contribution in [1.82, 2.24) is 5.32 Å². The second-order valence-electron chi connectivity index (χ2n) is 15.7. The van der Waals surface area contributed by atoms with Crippen molar-refractivity contribution in [3.63, 3.8) is 0 Å². The summed E-state index contributed by atoms with van der Waals surface area (Å²) in [5, 5.41) is 75.5. The first kappa shape index (κ1) is 52.3. The fourth-order valence-corrected chi connectivity index (χ4v) is 6.88. The van der Waals surface area contributed by atoms with Crippen LogP contribution in [0.25, 0.3) is 0 Å². The molecular formula is C45H83NO10. The molecule has 0 aromatic rings. The van der Waals surface area contributed by atoms with Crippen molar-refractivity contribution < 1.29 is 50.0 Å². The van der Waals surface area contributed by atoms with E-state index in [-0.39, 0.29) is 12.8 Å². The summed E-state index contributed by atoms with van der Waals surface area (Å²) in [5.74, 6) is -0.714. The van der Waals surface area contributed by atoms with Crippen molar-refractivity contribution in [3.8, 4) is 0 Å². The summed E-state index contributed by atoms with van der Waals surface area (Å²) in [7, 11) is 0. The Kier molecular flexibility index (Phi) is 33.0. The number of amides is 1. The maximum atomic E-state index is 13.0. The van der Waals surface area contributed by atoms with Gasteiger partial charge in [-0.2, -0.15) is 0 Å². The summed E-state index contributed by atoms with van der Waals surface area (Å²) < 4.78 is 11.1. The van der Waals surface area contributed by atoms with Crippen LogP contribution in [0.2, 0.25) is 0 Å². The van der Waals surface area contributed by atoms with E-state index in [1.54, 1.807) is 0 Å². The summed E-state index contributed by atoms with van der Waals surface area (Å²) in [6.45, 7) is 3.37. The van der Waals surface area contributed by atoms with Crippen LogP contribution in [-0.4, -0.2) is 110 Å². The topological polar surface area (TPSA) is 189 Å². The van der Waals surface area contributed by atoms with Gasteiger partial charge in [0.15, 0.2) is 6.29 Å². The molecule has 1 heterocycles. The van der Waals surface area contributed by atoms with E-state index in [0.717, 1.165) is 44.9 Å². The fraction of sp³-hybridized carbons (Fsp3) is 0.844. The number of allylic oxidation sites excluding steroid dienone is 6. The molecule has 8 N–H and O–H groups in total. The van der Waals surface area contributed by atoms with E-state index in [9.17, 15) is 40.5 Å². The first-order valence-electron chi connectivity index (χ1n) is 22.4. The molecule has 0 aliphatic carbocycles. The molecule has 11 nitrogen and oxygen atoms in total. The van der Waals surface area contributed by atoms with E-state index in [1.807, 2.05) is 0 Å². The molecule has 11 heteroatoms. The predicted molar refractivity (Wildman–Crippen MR) is 224 cm³/mol. The van der Waals surface area contributed by atoms with Crippen molar-refractivity contribution in [1.29, 1.82) is 0 Å². The Balaban J connectivity index is 2.53. The maximum Gasteiger partial charge on any atom is 0.249 e. The van der Waals surface area contributed by atoms with Gasteiger partial charge in [-0.15, -0.1) is 0 Å². The Hall–Kier alpha value is -1.67. The van der Waals surface area contributed by atoms with E-state index in [4.69, 9.17) is 9.47 Å². The lowest BCUT2D eigenvalue weighted by Gasteiger charge is -2.40. The molecule has 1 saturated heterocycles. The largest absolute Gasteiger partial charge is 0.394 e. The summed E-state index contributed by atoms with van der Waals surface area (Å²) in [4.78, 5) is 13.0. The third-order valence-electron chi connectivity index (χ3n) is 10.7. The molecule has 0 radical (unpaired) electrons. The number of aliphatic hydroxyl groups is 7. The van der Waals surface area contributed by atoms with E-state index in [1.165, 1.54) is 83.5 Å². The monoisotopic (exact) mass is 798 g/mol. The Morgan fingerprint density at radius 1 is 0.607 bits per heavy atom. The van der Waals surface area contributed by atoms with Crippen LogP contribution >= 0.6 is 0 Å². The van der Waals surface area contributed by atoms with Gasteiger partial charge in [0.2, 0.25) is 5.91 Å². The highest BCUT2D eigenvalue weighted by atomic mass is 16.7. The molecule has 1 rings (SSSR count). The van der Waals surface area contributed by atoms with Gasteiger partial charge < -0.3 is 50.5 Å². The van der Waals surface area contributed by atoms with Crippen molar-refractivity contribution >= 4 is 5.91 Å². The number of carbonyl (C=O) groups excluding carboxylic acids is 1. The lowest BCUT2D eigenvalue weighted by Crippen LogP contribution is -2.60. The molecule has 328 valence electrons. The van der Waals surface area contributed by atoms with E-state index < -0.39 is 74.2 Å². The highest BCUT2D eigenvalue weighted by Gasteiger charge is 2.44. The van der Waals surface area contributed by atoms with Crippen molar-refractivity contribution in [2.45, 2.75) is 229 Å². The molecule has 0 aromatic heterocycles. The third-order valence-corrected chi connectivity index (χ3v) is 10.7. The quantitative estimate of drug-likeness (QED) is 0.0247. The van der Waals surface area contributed by atoms with Crippen molar-refractivity contribution in [2.75, 3.05) is 13.2 Å². The smallest absolute Gasteiger partial charge is 0.249 e. The minimum atomic E-state index is -1.67. The molecule has 1 aliphatic rings. The molecular weight excluding hydrogens is 714 g/mol. The zero-order valence-corrected chi connectivity index (χ0v) is 35.1. The van der Waals surface area contributed by atoms with Gasteiger partial charge in [0.05, 0.1) is 25.4 Å². The zero-order chi connectivity index (χ0) is 41.2. The van der Waals surface area contributed by atoms with Gasteiger partial charge in [-0.25, -0.2) is 0 Å². The summed E-state index contributed by atoms with van der Waals surface area (Å²) in [6.07, 6.45) is 27.6. The van der Waals surface area contributed by atoms with Crippen molar-refractivity contribution in [3.05, 3.63) is 36.5 Å². The molecule has 0 saturated carbocycles. The number of rotatable bonds is 36. The molecule has 56 heavy (non-hydrogen) atoms. The maximum absolute atomic E-state index is 13.0. The van der Waals surface area contributed by atoms with Crippen LogP contribution < -0.4 is 5.32 Å². The Morgan fingerprint density at radius 3 is 1.59 bits per heavy atom. The number of aliphatic hydroxyl groups excluding tert-OH is 7. The van der Waals surface area contributed by atoms with Crippen LogP contribution in [0, 0.1) is 0 Å². The molecule has 9 atom stereocenters. The molecule has 1 aliphatic heterocycles. The standard InChI is InChI=1S/C45H83NO10/c1-3-5-7-9-11-13-15-17-18-19-21-22-24-26-28-30-32-37(48)40(50)36(35-55-45-43(53)42(52)41(51)39(34-47)56-45)46-44(54)38(49)33-31-29-27-25-23-20-16-14-12-10-8-6-4-2/h11,13,18-19,24,26,36-43,45,47-53H,3-10,12,14-17,20-23,25,27-35H2,1-2H3,(H,46,54)/b13-11+,19-18+,26-24+. The Labute approximate surface area is 339 Å². The van der Waals surface area contributed by atoms with Gasteiger partial charge in [0, 0.05) is 0 Å². The average molecular weight is 798 g/mol. The minimum absolute atomic E-state index is 0.241. The highest BCUT2D eigenvalue weighted by molar-refractivity contribution is 5.80. The predicted octanol–water partition coefficient (Wildman–Crippen LogP) is 6.83. The molecule has 0 spiro atoms. The lowest BCUT2D eigenvalue weighted by atomic mass is 9.98. The normalized spacial score (nSPS) is 22.6. The van der Waals surface area contributed by atoms with Crippen LogP contribution in [0.15, 0.2) is 36.5 Å². The number of ether oxygens (including phenoxy) is 2. The summed E-state index contributed by atoms with van der Waals surface area (Å²) >= 11 is 0. The van der Waals surface area contributed by atoms with Crippen LogP contribution in [0.3, 0.4) is 0 Å². The van der Waals surface area contributed by atoms with E-state index in [0.29, 0.717) is 19.3 Å². The number of unbranched alkanes of at least 4 members (excludes halogenated alkanes) is 18. The molecule has 9 unspecified atom stereocenters. The Bertz CT molecular complexity index is 1010. The lowest BCUT2D eigenvalue weighted by molar-refractivity contribution is -0.303. The van der Waals surface area contributed by atoms with Crippen LogP contribution in [-0.2, 0) is 14.3 Å². The van der Waals surface area contributed by atoms with Gasteiger partial charge in [-0.1, -0.05) is 147 Å². The molecule has 1 fully saturated rings. The van der Waals surface area contributed by atoms with Gasteiger partial charge in [-0.3, -0.25) is 4.79 Å². The molecule has 0 aromatic carbocycles. The van der Waals surface area contributed by atoms with Gasteiger partial charge >= 0.3 is 0 Å². The van der Waals surface area contributed by atoms with Crippen LogP contribution in [0.1, 0.15) is 174 Å². The first-order valence-corrected chi connectivity index (χ1v) is 22.4. The summed E-state index contributed by atoms with van der Waals surface area (Å²) in [5.41, 5.74) is 0. The van der Waals surface area contributed by atoms with Crippen LogP contribution in [0.5, 0.6) is 0 Å². The van der Waals surface area contributed by atoms with Gasteiger partial charge in [0.25, 0.3) is 0 Å². The molecule has 0 bridgehead atoms. The number of hydrogen-bond donors (Lipinski definition) is 8. The number of hydrogen-bond acceptors (Lipinski definition) is 10.